The van der Waals surface area contributed by atoms with Gasteiger partial charge in [0.25, 0.3) is 0 Å². The molecule has 0 saturated carbocycles. The highest BCUT2D eigenvalue weighted by Crippen LogP contribution is 2.31. The summed E-state index contributed by atoms with van der Waals surface area (Å²) in [5.41, 5.74) is 0.626. The highest BCUT2D eigenvalue weighted by molar-refractivity contribution is 14.1. The van der Waals surface area contributed by atoms with Crippen molar-refractivity contribution in [1.29, 1.82) is 0 Å². The number of hydrogen-bond donors (Lipinski definition) is 0. The molecule has 0 aromatic carbocycles. The average Bonchev–Trinajstić information content (AvgIpc) is 2.61. The molecule has 2 aliphatic rings. The number of morpholine rings is 2. The third-order valence-corrected chi connectivity index (χ3v) is 5.70. The van der Waals surface area contributed by atoms with Crippen molar-refractivity contribution in [3.8, 4) is 0 Å². The molecule has 2 aliphatic heterocycles. The Morgan fingerprint density at radius 1 is 1.08 bits per heavy atom. The quantitative estimate of drug-likeness (QED) is 0.286. The maximum Gasteiger partial charge on any atom is 0.229 e. The van der Waals surface area contributed by atoms with Crippen LogP contribution in [0.25, 0.3) is 11.0 Å². The number of hydrogen-bond acceptors (Lipinski definition) is 7. The average molecular weight is 476 g/mol. The minimum absolute atomic E-state index is 0.218. The molecule has 4 rings (SSSR count). The number of rotatable bonds is 2. The fraction of sp³-hybridized carbons (Fsp3) is 0.562. The number of pyridine rings is 1. The highest BCUT2D eigenvalue weighted by Gasteiger charge is 2.27. The fourth-order valence-electron chi connectivity index (χ4n) is 3.14. The van der Waals surface area contributed by atoms with Crippen molar-refractivity contribution in [2.45, 2.75) is 17.0 Å². The summed E-state index contributed by atoms with van der Waals surface area (Å²) in [5, 5.41) is 1.35. The number of aromatic nitrogens is 3. The molecular weight excluding hydrogens is 457 g/mol. The Bertz CT molecular complexity index is 780. The SMILES string of the molecule is C[C@H]1COCCN1c1nc(N2CCOC[C@@H]2I)c2ccc(Cl)nc2n1. The number of fused-ring (bicyclic) bond motifs is 1. The first-order valence-electron chi connectivity index (χ1n) is 8.30. The molecule has 25 heavy (non-hydrogen) atoms. The first-order chi connectivity index (χ1) is 12.1. The van der Waals surface area contributed by atoms with E-state index in [1.165, 1.54) is 0 Å². The predicted octanol–water partition coefficient (Wildman–Crippen LogP) is 2.50. The van der Waals surface area contributed by atoms with Crippen molar-refractivity contribution < 1.29 is 9.47 Å². The van der Waals surface area contributed by atoms with Gasteiger partial charge in [0.05, 0.1) is 37.9 Å². The van der Waals surface area contributed by atoms with Gasteiger partial charge in [-0.05, 0) is 19.1 Å². The van der Waals surface area contributed by atoms with E-state index in [-0.39, 0.29) is 10.1 Å². The molecule has 2 saturated heterocycles. The van der Waals surface area contributed by atoms with E-state index in [9.17, 15) is 0 Å². The first-order valence-corrected chi connectivity index (χ1v) is 9.93. The third-order valence-electron chi connectivity index (χ3n) is 4.46. The fourth-order valence-corrected chi connectivity index (χ4v) is 4.08. The Morgan fingerprint density at radius 2 is 1.84 bits per heavy atom. The molecule has 2 atom stereocenters. The van der Waals surface area contributed by atoms with Crippen molar-refractivity contribution in [3.05, 3.63) is 17.3 Å². The van der Waals surface area contributed by atoms with E-state index >= 15 is 0 Å². The Hall–Kier alpha value is -0.970. The summed E-state index contributed by atoms with van der Waals surface area (Å²) in [6, 6.07) is 3.96. The molecule has 7 nitrogen and oxygen atoms in total. The Morgan fingerprint density at radius 3 is 2.60 bits per heavy atom. The first kappa shape index (κ1) is 17.4. The maximum atomic E-state index is 6.11. The molecule has 0 spiro atoms. The van der Waals surface area contributed by atoms with E-state index in [0.717, 1.165) is 24.3 Å². The van der Waals surface area contributed by atoms with Crippen molar-refractivity contribution >= 4 is 57.0 Å². The van der Waals surface area contributed by atoms with Gasteiger partial charge in [-0.3, -0.25) is 0 Å². The largest absolute Gasteiger partial charge is 0.377 e. The van der Waals surface area contributed by atoms with Crippen molar-refractivity contribution in [3.63, 3.8) is 0 Å². The van der Waals surface area contributed by atoms with Crippen LogP contribution in [-0.4, -0.2) is 64.6 Å². The summed E-state index contributed by atoms with van der Waals surface area (Å²) in [6.45, 7) is 6.39. The van der Waals surface area contributed by atoms with Crippen LogP contribution in [-0.2, 0) is 9.47 Å². The molecule has 0 radical (unpaired) electrons. The minimum Gasteiger partial charge on any atom is -0.377 e. The zero-order valence-electron chi connectivity index (χ0n) is 13.9. The van der Waals surface area contributed by atoms with Gasteiger partial charge in [0.2, 0.25) is 5.95 Å². The molecule has 4 heterocycles. The van der Waals surface area contributed by atoms with E-state index in [1.54, 1.807) is 6.07 Å². The van der Waals surface area contributed by atoms with E-state index < -0.39 is 0 Å². The van der Waals surface area contributed by atoms with Crippen LogP contribution in [0.4, 0.5) is 11.8 Å². The van der Waals surface area contributed by atoms with Crippen molar-refractivity contribution in [2.75, 3.05) is 49.3 Å². The summed E-state index contributed by atoms with van der Waals surface area (Å²) in [5.74, 6) is 1.58. The normalized spacial score (nSPS) is 24.8. The van der Waals surface area contributed by atoms with Crippen LogP contribution in [0.2, 0.25) is 5.15 Å². The molecule has 2 aromatic rings. The van der Waals surface area contributed by atoms with Gasteiger partial charge < -0.3 is 19.3 Å². The lowest BCUT2D eigenvalue weighted by Gasteiger charge is -2.36. The van der Waals surface area contributed by atoms with Crippen LogP contribution in [0.15, 0.2) is 12.1 Å². The van der Waals surface area contributed by atoms with Gasteiger partial charge in [-0.25, -0.2) is 4.98 Å². The van der Waals surface area contributed by atoms with Gasteiger partial charge in [-0.15, -0.1) is 0 Å². The summed E-state index contributed by atoms with van der Waals surface area (Å²) >= 11 is 8.50. The van der Waals surface area contributed by atoms with Gasteiger partial charge in [0.1, 0.15) is 15.0 Å². The molecule has 0 N–H and O–H groups in total. The smallest absolute Gasteiger partial charge is 0.229 e. The molecule has 0 unspecified atom stereocenters. The van der Waals surface area contributed by atoms with Crippen LogP contribution in [0.5, 0.6) is 0 Å². The number of halogens is 2. The molecular formula is C16H19ClIN5O2. The Kier molecular flexibility index (Phi) is 5.12. The van der Waals surface area contributed by atoms with Gasteiger partial charge in [-0.2, -0.15) is 9.97 Å². The lowest BCUT2D eigenvalue weighted by Crippen LogP contribution is -2.45. The number of anilines is 2. The van der Waals surface area contributed by atoms with Crippen LogP contribution in [0.3, 0.4) is 0 Å². The Labute approximate surface area is 164 Å². The molecule has 2 fully saturated rings. The molecule has 2 aromatic heterocycles. The van der Waals surface area contributed by atoms with E-state index in [2.05, 4.69) is 44.3 Å². The summed E-state index contributed by atoms with van der Waals surface area (Å²) in [6.07, 6.45) is 0. The van der Waals surface area contributed by atoms with Crippen LogP contribution in [0.1, 0.15) is 6.92 Å². The highest BCUT2D eigenvalue weighted by atomic mass is 127. The Balaban J connectivity index is 1.84. The molecule has 0 aliphatic carbocycles. The monoisotopic (exact) mass is 475 g/mol. The second kappa shape index (κ2) is 7.34. The number of alkyl halides is 1. The minimum atomic E-state index is 0.218. The standard InChI is InChI=1S/C16H19ClIN5O2/c1-10-8-24-6-4-22(10)16-20-14-11(2-3-12(17)19-14)15(21-16)23-5-7-25-9-13(23)18/h2-3,10,13H,4-9H2,1H3/t10-,13+/m0/s1. The lowest BCUT2D eigenvalue weighted by molar-refractivity contribution is 0.0981. The lowest BCUT2D eigenvalue weighted by atomic mass is 10.2. The van der Waals surface area contributed by atoms with Gasteiger partial charge in [-0.1, -0.05) is 34.2 Å². The summed E-state index contributed by atoms with van der Waals surface area (Å²) < 4.78 is 11.3. The second-order valence-electron chi connectivity index (χ2n) is 6.17. The predicted molar refractivity (Wildman–Crippen MR) is 106 cm³/mol. The number of ether oxygens (including phenoxy) is 2. The van der Waals surface area contributed by atoms with Gasteiger partial charge >= 0.3 is 0 Å². The van der Waals surface area contributed by atoms with Crippen LogP contribution >= 0.6 is 34.2 Å². The van der Waals surface area contributed by atoms with Crippen molar-refractivity contribution in [2.24, 2.45) is 0 Å². The zero-order valence-corrected chi connectivity index (χ0v) is 16.8. The molecule has 9 heteroatoms. The summed E-state index contributed by atoms with van der Waals surface area (Å²) in [7, 11) is 0. The second-order valence-corrected chi connectivity index (χ2v) is 8.00. The van der Waals surface area contributed by atoms with E-state index in [4.69, 9.17) is 31.0 Å². The molecule has 0 bridgehead atoms. The maximum absolute atomic E-state index is 6.11. The molecule has 0 amide bonds. The van der Waals surface area contributed by atoms with Gasteiger partial charge in [0, 0.05) is 13.1 Å². The van der Waals surface area contributed by atoms with Crippen molar-refractivity contribution in [1.82, 2.24) is 15.0 Å². The number of nitrogens with zero attached hydrogens (tertiary/aromatic N) is 5. The molecule has 134 valence electrons. The zero-order chi connectivity index (χ0) is 17.4. The van der Waals surface area contributed by atoms with E-state index in [1.807, 2.05) is 6.07 Å². The van der Waals surface area contributed by atoms with Gasteiger partial charge in [0.15, 0.2) is 5.65 Å². The topological polar surface area (TPSA) is 63.6 Å². The third kappa shape index (κ3) is 3.49. The summed E-state index contributed by atoms with van der Waals surface area (Å²) in [4.78, 5) is 18.5. The van der Waals surface area contributed by atoms with E-state index in [0.29, 0.717) is 43.2 Å². The van der Waals surface area contributed by atoms with Crippen LogP contribution in [0, 0.1) is 0 Å². The van der Waals surface area contributed by atoms with Crippen LogP contribution < -0.4 is 9.80 Å².